The van der Waals surface area contributed by atoms with Crippen molar-refractivity contribution in [2.45, 2.75) is 16.7 Å². The molecule has 4 rings (SSSR count). The Balaban J connectivity index is 1.52. The third-order valence-electron chi connectivity index (χ3n) is 5.84. The van der Waals surface area contributed by atoms with Crippen LogP contribution in [0.3, 0.4) is 0 Å². The third-order valence-corrected chi connectivity index (χ3v) is 7.11. The molecule has 2 unspecified atom stereocenters. The molecule has 10 heteroatoms. The van der Waals surface area contributed by atoms with E-state index in [1.54, 1.807) is 6.07 Å². The largest absolute Gasteiger partial charge is 0.326 e. The topological polar surface area (TPSA) is 49.4 Å². The quantitative estimate of drug-likeness (QED) is 0.335. The molecule has 1 aliphatic carbocycles. The zero-order valence-corrected chi connectivity index (χ0v) is 20.4. The zero-order chi connectivity index (χ0) is 25.5. The van der Waals surface area contributed by atoms with E-state index in [1.165, 1.54) is 72.6 Å². The first kappa shape index (κ1) is 25.4. The Morgan fingerprint density at radius 3 is 2.37 bits per heavy atom. The van der Waals surface area contributed by atoms with Crippen LogP contribution in [0.25, 0.3) is 0 Å². The normalized spacial score (nSPS) is 18.3. The SMILES string of the molecule is CN(C(=O)c1cc(NC(=O)C2C(c3cccc(C(F)F)c3)C2(Cl)Cl)ccc1Cl)c1ccc(F)cc1. The Morgan fingerprint density at radius 1 is 1.03 bits per heavy atom. The second-order valence-corrected chi connectivity index (χ2v) is 9.98. The zero-order valence-electron chi connectivity index (χ0n) is 18.1. The molecule has 0 saturated heterocycles. The van der Waals surface area contributed by atoms with E-state index in [2.05, 4.69) is 5.32 Å². The van der Waals surface area contributed by atoms with Crippen molar-refractivity contribution >= 4 is 58.0 Å². The molecule has 0 bridgehead atoms. The summed E-state index contributed by atoms with van der Waals surface area (Å²) in [5.74, 6) is -3.02. The lowest BCUT2D eigenvalue weighted by Gasteiger charge is -2.18. The molecule has 2 amide bonds. The first-order valence-electron chi connectivity index (χ1n) is 10.4. The number of nitrogens with one attached hydrogen (secondary N) is 1. The van der Waals surface area contributed by atoms with Crippen molar-refractivity contribution in [2.75, 3.05) is 17.3 Å². The van der Waals surface area contributed by atoms with E-state index in [0.717, 1.165) is 0 Å². The van der Waals surface area contributed by atoms with Crippen LogP contribution in [-0.2, 0) is 4.79 Å². The number of hydrogen-bond acceptors (Lipinski definition) is 2. The molecule has 35 heavy (non-hydrogen) atoms. The van der Waals surface area contributed by atoms with Crippen LogP contribution in [0, 0.1) is 11.7 Å². The van der Waals surface area contributed by atoms with Gasteiger partial charge in [-0.05, 0) is 54.1 Å². The summed E-state index contributed by atoms with van der Waals surface area (Å²) in [7, 11) is 1.51. The molecule has 4 nitrogen and oxygen atoms in total. The molecule has 1 saturated carbocycles. The summed E-state index contributed by atoms with van der Waals surface area (Å²) >= 11 is 18.9. The number of amides is 2. The Hall–Kier alpha value is -2.74. The van der Waals surface area contributed by atoms with Crippen LogP contribution in [0.5, 0.6) is 0 Å². The van der Waals surface area contributed by atoms with Gasteiger partial charge < -0.3 is 10.2 Å². The highest BCUT2D eigenvalue weighted by molar-refractivity contribution is 6.53. The predicted octanol–water partition coefficient (Wildman–Crippen LogP) is 7.22. The number of alkyl halides is 4. The molecule has 182 valence electrons. The fraction of sp³-hybridized carbons (Fsp3) is 0.200. The second-order valence-electron chi connectivity index (χ2n) is 8.13. The summed E-state index contributed by atoms with van der Waals surface area (Å²) in [4.78, 5) is 27.2. The number of anilines is 2. The van der Waals surface area contributed by atoms with Gasteiger partial charge in [0.15, 0.2) is 0 Å². The number of nitrogens with zero attached hydrogens (tertiary/aromatic N) is 1. The average molecular weight is 542 g/mol. The Bertz CT molecular complexity index is 1290. The summed E-state index contributed by atoms with van der Waals surface area (Å²) in [5, 5.41) is 2.82. The van der Waals surface area contributed by atoms with E-state index in [1.807, 2.05) is 0 Å². The Labute approximate surface area is 214 Å². The second kappa shape index (κ2) is 9.72. The molecular formula is C25H18Cl3F3N2O2. The highest BCUT2D eigenvalue weighted by Gasteiger charge is 2.67. The van der Waals surface area contributed by atoms with Gasteiger partial charge in [0, 0.05) is 29.9 Å². The van der Waals surface area contributed by atoms with Crippen molar-refractivity contribution in [3.05, 3.63) is 94.3 Å². The average Bonchev–Trinajstić information content (AvgIpc) is 3.42. The van der Waals surface area contributed by atoms with Gasteiger partial charge >= 0.3 is 0 Å². The minimum atomic E-state index is -2.67. The number of benzene rings is 3. The van der Waals surface area contributed by atoms with Crippen LogP contribution < -0.4 is 10.2 Å². The summed E-state index contributed by atoms with van der Waals surface area (Å²) in [6, 6.07) is 15.3. The van der Waals surface area contributed by atoms with Gasteiger partial charge in [-0.1, -0.05) is 29.8 Å². The first-order chi connectivity index (χ1) is 16.5. The Kier molecular flexibility index (Phi) is 7.04. The van der Waals surface area contributed by atoms with E-state index in [-0.39, 0.29) is 21.8 Å². The van der Waals surface area contributed by atoms with Gasteiger partial charge in [-0.3, -0.25) is 9.59 Å². The standard InChI is InChI=1S/C25H18Cl3F3N2O2/c1-33(17-8-5-15(29)6-9-17)24(35)18-12-16(7-10-19(18)26)32-23(34)21-20(25(21,27)28)13-3-2-4-14(11-13)22(30)31/h2-12,20-22H,1H3,(H,32,34). The van der Waals surface area contributed by atoms with Crippen molar-refractivity contribution in [3.63, 3.8) is 0 Å². The third kappa shape index (κ3) is 5.13. The minimum absolute atomic E-state index is 0.108. The van der Waals surface area contributed by atoms with Gasteiger partial charge in [-0.25, -0.2) is 13.2 Å². The van der Waals surface area contributed by atoms with E-state index in [0.29, 0.717) is 11.3 Å². The molecule has 0 heterocycles. The van der Waals surface area contributed by atoms with Gasteiger partial charge in [0.25, 0.3) is 12.3 Å². The number of hydrogen-bond donors (Lipinski definition) is 1. The lowest BCUT2D eigenvalue weighted by Crippen LogP contribution is -2.26. The molecule has 0 spiro atoms. The number of halogens is 6. The van der Waals surface area contributed by atoms with Gasteiger partial charge in [0.2, 0.25) is 5.91 Å². The van der Waals surface area contributed by atoms with Crippen molar-refractivity contribution in [1.82, 2.24) is 0 Å². The van der Waals surface area contributed by atoms with Crippen LogP contribution in [0.2, 0.25) is 5.02 Å². The molecule has 0 radical (unpaired) electrons. The molecule has 1 N–H and O–H groups in total. The lowest BCUT2D eigenvalue weighted by atomic mass is 10.1. The first-order valence-corrected chi connectivity index (χ1v) is 11.5. The fourth-order valence-corrected chi connectivity index (χ4v) is 4.93. The number of rotatable bonds is 6. The van der Waals surface area contributed by atoms with Crippen molar-refractivity contribution < 1.29 is 22.8 Å². The van der Waals surface area contributed by atoms with Crippen LogP contribution in [0.4, 0.5) is 24.5 Å². The lowest BCUT2D eigenvalue weighted by molar-refractivity contribution is -0.117. The van der Waals surface area contributed by atoms with Crippen LogP contribution in [-0.4, -0.2) is 23.2 Å². The molecule has 1 fully saturated rings. The predicted molar refractivity (Wildman–Crippen MR) is 131 cm³/mol. The van der Waals surface area contributed by atoms with E-state index in [9.17, 15) is 22.8 Å². The van der Waals surface area contributed by atoms with Gasteiger partial charge in [-0.15, -0.1) is 23.2 Å². The maximum atomic E-state index is 13.2. The molecular weight excluding hydrogens is 524 g/mol. The molecule has 3 aromatic carbocycles. The molecule has 0 aliphatic heterocycles. The van der Waals surface area contributed by atoms with E-state index in [4.69, 9.17) is 34.8 Å². The maximum absolute atomic E-state index is 13.2. The van der Waals surface area contributed by atoms with Crippen LogP contribution in [0.1, 0.15) is 33.8 Å². The monoisotopic (exact) mass is 540 g/mol. The molecule has 1 aliphatic rings. The van der Waals surface area contributed by atoms with E-state index < -0.39 is 40.2 Å². The van der Waals surface area contributed by atoms with Crippen molar-refractivity contribution in [1.29, 1.82) is 0 Å². The van der Waals surface area contributed by atoms with Crippen LogP contribution in [0.15, 0.2) is 66.7 Å². The smallest absolute Gasteiger partial charge is 0.263 e. The van der Waals surface area contributed by atoms with Crippen molar-refractivity contribution in [3.8, 4) is 0 Å². The van der Waals surface area contributed by atoms with Gasteiger partial charge in [0.05, 0.1) is 16.5 Å². The van der Waals surface area contributed by atoms with Crippen LogP contribution >= 0.6 is 34.8 Å². The fourth-order valence-electron chi connectivity index (χ4n) is 3.91. The summed E-state index contributed by atoms with van der Waals surface area (Å²) in [5.41, 5.74) is 1.06. The van der Waals surface area contributed by atoms with E-state index >= 15 is 0 Å². The highest BCUT2D eigenvalue weighted by atomic mass is 35.5. The number of carbonyl (C=O) groups is 2. The molecule has 3 aromatic rings. The summed E-state index contributed by atoms with van der Waals surface area (Å²) < 4.78 is 37.9. The summed E-state index contributed by atoms with van der Waals surface area (Å²) in [6.45, 7) is 0. The van der Waals surface area contributed by atoms with Gasteiger partial charge in [-0.2, -0.15) is 0 Å². The maximum Gasteiger partial charge on any atom is 0.263 e. The van der Waals surface area contributed by atoms with Gasteiger partial charge in [0.1, 0.15) is 10.2 Å². The Morgan fingerprint density at radius 2 is 1.71 bits per heavy atom. The highest BCUT2D eigenvalue weighted by Crippen LogP contribution is 2.65. The van der Waals surface area contributed by atoms with Crippen molar-refractivity contribution in [2.24, 2.45) is 5.92 Å². The summed E-state index contributed by atoms with van der Waals surface area (Å²) in [6.07, 6.45) is -2.67. The molecule has 2 atom stereocenters. The minimum Gasteiger partial charge on any atom is -0.326 e. The number of carbonyl (C=O) groups excluding carboxylic acids is 2. The molecule has 0 aromatic heterocycles.